The van der Waals surface area contributed by atoms with Gasteiger partial charge in [0.1, 0.15) is 0 Å². The van der Waals surface area contributed by atoms with Crippen molar-refractivity contribution in [3.05, 3.63) is 143 Å². The molecule has 3 aliphatic rings. The Balaban J connectivity index is 0.975. The van der Waals surface area contributed by atoms with E-state index in [1.165, 1.54) is 17.1 Å². The molecule has 234 valence electrons. The molecule has 5 amide bonds. The number of imide groups is 2. The lowest BCUT2D eigenvalue weighted by Gasteiger charge is -2.18. The average Bonchev–Trinajstić information content (AvgIpc) is 3.48. The molecule has 1 saturated heterocycles. The molecule has 0 bridgehead atoms. The van der Waals surface area contributed by atoms with Crippen LogP contribution in [0, 0.1) is 0 Å². The molecule has 0 atom stereocenters. The Kier molecular flexibility index (Phi) is 9.15. The highest BCUT2D eigenvalue weighted by atomic mass is 16.2. The predicted octanol–water partition coefficient (Wildman–Crippen LogP) is 5.84. The second-order valence-electron chi connectivity index (χ2n) is 11.3. The number of rotatable bonds is 10. The highest BCUT2D eigenvalue weighted by molar-refractivity contribution is 6.19. The second kappa shape index (κ2) is 13.9. The standard InChI is InChI=1S/C38H32N4O5/c43-34-19-20-35(44)41(34)32-10-4-7-28(23-32)25-39-30-15-11-26(12-16-30)5-3-6-27-13-17-31(18-14-27)40-38(47)29-8-1-2-9-33(24-29)42-36(45)21-22-37(42)46/h1-4,6-18,21-23,39H,5,19-20,24-25H2,(H,40,47)/b6-3+. The predicted molar refractivity (Wildman–Crippen MR) is 181 cm³/mol. The summed E-state index contributed by atoms with van der Waals surface area (Å²) in [7, 11) is 0. The number of amides is 5. The van der Waals surface area contributed by atoms with Crippen molar-refractivity contribution in [2.24, 2.45) is 0 Å². The lowest BCUT2D eigenvalue weighted by atomic mass is 10.1. The third kappa shape index (κ3) is 7.42. The summed E-state index contributed by atoms with van der Waals surface area (Å²) in [5.41, 5.74) is 6.21. The van der Waals surface area contributed by atoms with E-state index in [0.717, 1.165) is 33.7 Å². The summed E-state index contributed by atoms with van der Waals surface area (Å²) < 4.78 is 0. The van der Waals surface area contributed by atoms with Crippen molar-refractivity contribution in [2.45, 2.75) is 32.2 Å². The van der Waals surface area contributed by atoms with Crippen LogP contribution in [0.2, 0.25) is 0 Å². The van der Waals surface area contributed by atoms with Gasteiger partial charge in [-0.1, -0.05) is 66.8 Å². The topological polar surface area (TPSA) is 116 Å². The first kappa shape index (κ1) is 30.9. The van der Waals surface area contributed by atoms with Gasteiger partial charge in [-0.25, -0.2) is 4.90 Å². The average molecular weight is 625 g/mol. The fourth-order valence-corrected chi connectivity index (χ4v) is 5.50. The van der Waals surface area contributed by atoms with E-state index in [-0.39, 0.29) is 37.0 Å². The van der Waals surface area contributed by atoms with E-state index < -0.39 is 11.8 Å². The number of nitrogens with one attached hydrogen (secondary N) is 2. The van der Waals surface area contributed by atoms with Crippen molar-refractivity contribution in [1.29, 1.82) is 0 Å². The molecule has 0 saturated carbocycles. The van der Waals surface area contributed by atoms with E-state index in [2.05, 4.69) is 28.8 Å². The number of anilines is 3. The maximum absolute atomic E-state index is 13.0. The Morgan fingerprint density at radius 3 is 2.15 bits per heavy atom. The minimum absolute atomic E-state index is 0.148. The normalized spacial score (nSPS) is 16.2. The van der Waals surface area contributed by atoms with E-state index in [1.54, 1.807) is 30.4 Å². The molecule has 47 heavy (non-hydrogen) atoms. The minimum atomic E-state index is -0.415. The van der Waals surface area contributed by atoms with Gasteiger partial charge in [-0.3, -0.25) is 28.9 Å². The molecule has 1 fully saturated rings. The number of hydrogen-bond acceptors (Lipinski definition) is 6. The molecule has 6 rings (SSSR count). The number of benzene rings is 3. The number of allylic oxidation sites excluding steroid dienone is 6. The van der Waals surface area contributed by atoms with Gasteiger partial charge >= 0.3 is 0 Å². The van der Waals surface area contributed by atoms with Crippen LogP contribution in [-0.4, -0.2) is 34.4 Å². The molecule has 0 radical (unpaired) electrons. The Bertz CT molecular complexity index is 1860. The van der Waals surface area contributed by atoms with Crippen molar-refractivity contribution in [3.63, 3.8) is 0 Å². The van der Waals surface area contributed by atoms with Crippen molar-refractivity contribution in [3.8, 4) is 0 Å². The van der Waals surface area contributed by atoms with Gasteiger partial charge in [0.05, 0.1) is 5.69 Å². The molecule has 0 unspecified atom stereocenters. The number of nitrogens with zero attached hydrogens (tertiary/aromatic N) is 2. The third-order valence-electron chi connectivity index (χ3n) is 7.96. The molecule has 9 nitrogen and oxygen atoms in total. The molecule has 1 aliphatic carbocycles. The van der Waals surface area contributed by atoms with Crippen molar-refractivity contribution in [2.75, 3.05) is 15.5 Å². The minimum Gasteiger partial charge on any atom is -0.381 e. The molecule has 9 heteroatoms. The van der Waals surface area contributed by atoms with Gasteiger partial charge in [0, 0.05) is 60.6 Å². The van der Waals surface area contributed by atoms with Crippen LogP contribution in [0.5, 0.6) is 0 Å². The van der Waals surface area contributed by atoms with Gasteiger partial charge < -0.3 is 10.6 Å². The quantitative estimate of drug-likeness (QED) is 0.274. The number of carbonyl (C=O) groups excluding carboxylic acids is 5. The molecule has 2 N–H and O–H groups in total. The summed E-state index contributed by atoms with van der Waals surface area (Å²) in [6, 6.07) is 23.1. The van der Waals surface area contributed by atoms with Crippen molar-refractivity contribution in [1.82, 2.24) is 4.90 Å². The highest BCUT2D eigenvalue weighted by Gasteiger charge is 2.30. The summed E-state index contributed by atoms with van der Waals surface area (Å²) in [6.45, 7) is 0.560. The molecule has 0 spiro atoms. The van der Waals surface area contributed by atoms with Crippen molar-refractivity contribution >= 4 is 52.7 Å². The summed E-state index contributed by atoms with van der Waals surface area (Å²) in [6.07, 6.45) is 14.7. The molecule has 2 heterocycles. The van der Waals surface area contributed by atoms with E-state index in [4.69, 9.17) is 0 Å². The molecular weight excluding hydrogens is 592 g/mol. The molecule has 2 aliphatic heterocycles. The number of hydrogen-bond donors (Lipinski definition) is 2. The van der Waals surface area contributed by atoms with Crippen LogP contribution in [0.15, 0.2) is 127 Å². The van der Waals surface area contributed by atoms with Crippen LogP contribution in [0.4, 0.5) is 17.1 Å². The van der Waals surface area contributed by atoms with E-state index >= 15 is 0 Å². The van der Waals surface area contributed by atoms with Crippen LogP contribution in [-0.2, 0) is 36.9 Å². The van der Waals surface area contributed by atoms with Gasteiger partial charge in [-0.2, -0.15) is 0 Å². The smallest absolute Gasteiger partial charge is 0.257 e. The SMILES string of the molecule is O=C(Nc1ccc(/C=C/Cc2ccc(NCc3cccc(N4C(=O)CCC4=O)c3)cc2)cc1)C1=CC=CC=C(N2C(=O)C=CC2=O)C1. The largest absolute Gasteiger partial charge is 0.381 e. The Morgan fingerprint density at radius 2 is 1.43 bits per heavy atom. The summed E-state index contributed by atoms with van der Waals surface area (Å²) in [4.78, 5) is 63.7. The first-order valence-corrected chi connectivity index (χ1v) is 15.3. The summed E-state index contributed by atoms with van der Waals surface area (Å²) in [5, 5.41) is 6.29. The maximum atomic E-state index is 13.0. The second-order valence-corrected chi connectivity index (χ2v) is 11.3. The number of carbonyl (C=O) groups is 5. The van der Waals surface area contributed by atoms with E-state index in [9.17, 15) is 24.0 Å². The molecule has 0 aromatic heterocycles. The Hall–Kier alpha value is -6.09. The van der Waals surface area contributed by atoms with Crippen LogP contribution in [0.25, 0.3) is 6.08 Å². The maximum Gasteiger partial charge on any atom is 0.257 e. The van der Waals surface area contributed by atoms with Gasteiger partial charge in [-0.05, 0) is 65.6 Å². The first-order valence-electron chi connectivity index (χ1n) is 15.3. The zero-order valence-corrected chi connectivity index (χ0v) is 25.5. The fourth-order valence-electron chi connectivity index (χ4n) is 5.50. The molecule has 3 aromatic rings. The van der Waals surface area contributed by atoms with Gasteiger partial charge in [0.25, 0.3) is 17.7 Å². The lowest BCUT2D eigenvalue weighted by molar-refractivity contribution is -0.134. The highest BCUT2D eigenvalue weighted by Crippen LogP contribution is 2.25. The Morgan fingerprint density at radius 1 is 0.745 bits per heavy atom. The molecular formula is C38H32N4O5. The van der Waals surface area contributed by atoms with Gasteiger partial charge in [0.15, 0.2) is 0 Å². The van der Waals surface area contributed by atoms with Crippen molar-refractivity contribution < 1.29 is 24.0 Å². The fraction of sp³-hybridized carbons (Fsp3) is 0.132. The first-order chi connectivity index (χ1) is 22.8. The van der Waals surface area contributed by atoms with Crippen LogP contribution < -0.4 is 15.5 Å². The Labute approximate surface area is 272 Å². The molecule has 3 aromatic carbocycles. The lowest BCUT2D eigenvalue weighted by Crippen LogP contribution is -2.30. The third-order valence-corrected chi connectivity index (χ3v) is 7.96. The summed E-state index contributed by atoms with van der Waals surface area (Å²) >= 11 is 0. The van der Waals surface area contributed by atoms with Crippen LogP contribution in [0.1, 0.15) is 36.0 Å². The summed E-state index contributed by atoms with van der Waals surface area (Å²) in [5.74, 6) is -1.45. The monoisotopic (exact) mass is 624 g/mol. The van der Waals surface area contributed by atoms with Gasteiger partial charge in [-0.15, -0.1) is 0 Å². The van der Waals surface area contributed by atoms with Crippen LogP contribution >= 0.6 is 0 Å². The van der Waals surface area contributed by atoms with Gasteiger partial charge in [0.2, 0.25) is 11.8 Å². The van der Waals surface area contributed by atoms with E-state index in [0.29, 0.717) is 29.2 Å². The zero-order chi connectivity index (χ0) is 32.8. The van der Waals surface area contributed by atoms with Crippen LogP contribution in [0.3, 0.4) is 0 Å². The van der Waals surface area contributed by atoms with E-state index in [1.807, 2.05) is 60.7 Å². The zero-order valence-electron chi connectivity index (χ0n) is 25.5.